The van der Waals surface area contributed by atoms with E-state index in [0.717, 1.165) is 12.3 Å². The average molecular weight is 157 g/mol. The molecule has 59 valence electrons. The molecule has 0 rings (SSSR count). The summed E-state index contributed by atoms with van der Waals surface area (Å²) in [7, 11) is 0. The summed E-state index contributed by atoms with van der Waals surface area (Å²) in [5.74, 6) is 0.803. The van der Waals surface area contributed by atoms with E-state index in [-0.39, 0.29) is 0 Å². The van der Waals surface area contributed by atoms with Crippen LogP contribution in [0.25, 0.3) is 0 Å². The molecule has 0 aromatic rings. The molecule has 0 fully saturated rings. The highest BCUT2D eigenvalue weighted by atomic mass is 32.1. The van der Waals surface area contributed by atoms with Gasteiger partial charge in [-0.2, -0.15) is 0 Å². The fourth-order valence-corrected chi connectivity index (χ4v) is 1.30. The second-order valence-corrected chi connectivity index (χ2v) is 3.05. The Hall–Kier alpha value is 0.0900. The van der Waals surface area contributed by atoms with Gasteiger partial charge in [-0.3, -0.25) is 0 Å². The van der Waals surface area contributed by atoms with E-state index in [4.69, 9.17) is 12.2 Å². The van der Waals surface area contributed by atoms with Crippen molar-refractivity contribution in [3.05, 3.63) is 0 Å². The fourth-order valence-electron chi connectivity index (χ4n) is 1.06. The van der Waals surface area contributed by atoms with E-state index in [1.807, 2.05) is 0 Å². The van der Waals surface area contributed by atoms with E-state index < -0.39 is 0 Å². The lowest BCUT2D eigenvalue weighted by atomic mass is 9.97. The van der Waals surface area contributed by atoms with E-state index in [9.17, 15) is 0 Å². The first-order chi connectivity index (χ1) is 4.85. The van der Waals surface area contributed by atoms with Crippen LogP contribution in [-0.2, 0) is 0 Å². The summed E-state index contributed by atoms with van der Waals surface area (Å²) < 4.78 is 0. The van der Waals surface area contributed by atoms with Gasteiger partial charge in [-0.15, -0.1) is 0 Å². The maximum absolute atomic E-state index is 4.69. The highest BCUT2D eigenvalue weighted by Gasteiger charge is 2.02. The quantitative estimate of drug-likeness (QED) is 0.532. The van der Waals surface area contributed by atoms with Crippen LogP contribution >= 0.6 is 12.2 Å². The van der Waals surface area contributed by atoms with Crippen LogP contribution in [0, 0.1) is 5.92 Å². The predicted octanol–water partition coefficient (Wildman–Crippen LogP) is 3.47. The minimum atomic E-state index is 0.803. The molecule has 0 heterocycles. The van der Waals surface area contributed by atoms with Crippen LogP contribution < -0.4 is 0 Å². The normalized spacial score (nSPS) is 13.0. The smallest absolute Gasteiger partial charge is 0.0294 e. The molecule has 1 atom stereocenters. The molecular formula is C9H17S. The van der Waals surface area contributed by atoms with E-state index in [1.165, 1.54) is 25.7 Å². The molecule has 0 aliphatic rings. The van der Waals surface area contributed by atoms with E-state index in [0.29, 0.717) is 0 Å². The van der Waals surface area contributed by atoms with E-state index >= 15 is 0 Å². The van der Waals surface area contributed by atoms with Gasteiger partial charge in [0.25, 0.3) is 0 Å². The molecule has 1 radical (unpaired) electrons. The van der Waals surface area contributed by atoms with Gasteiger partial charge in [-0.1, -0.05) is 51.7 Å². The number of hydrogen-bond donors (Lipinski definition) is 0. The summed E-state index contributed by atoms with van der Waals surface area (Å²) in [5.41, 5.74) is 0. The van der Waals surface area contributed by atoms with Crippen molar-refractivity contribution in [2.24, 2.45) is 5.92 Å². The highest BCUT2D eigenvalue weighted by Crippen LogP contribution is 2.14. The van der Waals surface area contributed by atoms with Crippen molar-refractivity contribution in [1.82, 2.24) is 0 Å². The van der Waals surface area contributed by atoms with Gasteiger partial charge in [0, 0.05) is 5.37 Å². The van der Waals surface area contributed by atoms with Crippen molar-refractivity contribution < 1.29 is 0 Å². The zero-order valence-corrected chi connectivity index (χ0v) is 7.84. The van der Waals surface area contributed by atoms with Gasteiger partial charge in [-0.25, -0.2) is 0 Å². The maximum atomic E-state index is 4.69. The maximum Gasteiger partial charge on any atom is 0.0294 e. The Bertz CT molecular complexity index is 78.8. The minimum Gasteiger partial charge on any atom is -0.0837 e. The number of hydrogen-bond acceptors (Lipinski definition) is 1. The second kappa shape index (κ2) is 7.20. The Morgan fingerprint density at radius 2 is 2.10 bits per heavy atom. The SMILES string of the molecule is CCCCC(CC)C[C]=S. The van der Waals surface area contributed by atoms with Gasteiger partial charge in [0.05, 0.1) is 0 Å². The van der Waals surface area contributed by atoms with Crippen molar-refractivity contribution in [2.45, 2.75) is 46.0 Å². The Balaban J connectivity index is 3.29. The van der Waals surface area contributed by atoms with Crippen LogP contribution in [0.4, 0.5) is 0 Å². The van der Waals surface area contributed by atoms with Gasteiger partial charge >= 0.3 is 0 Å². The topological polar surface area (TPSA) is 0 Å². The molecule has 0 aromatic heterocycles. The molecule has 0 aromatic carbocycles. The molecule has 1 heteroatoms. The van der Waals surface area contributed by atoms with Crippen LogP contribution in [0.2, 0.25) is 0 Å². The molecule has 0 saturated carbocycles. The molecule has 0 aliphatic heterocycles. The predicted molar refractivity (Wildman–Crippen MR) is 50.5 cm³/mol. The van der Waals surface area contributed by atoms with Crippen molar-refractivity contribution >= 4 is 17.6 Å². The minimum absolute atomic E-state index is 0.803. The largest absolute Gasteiger partial charge is 0.0837 e. The zero-order chi connectivity index (χ0) is 7.82. The third-order valence-electron chi connectivity index (χ3n) is 1.92. The molecule has 0 nitrogen and oxygen atoms in total. The van der Waals surface area contributed by atoms with Gasteiger partial charge < -0.3 is 0 Å². The summed E-state index contributed by atoms with van der Waals surface area (Å²) in [5, 5.41) is 2.81. The molecule has 0 bridgehead atoms. The molecule has 0 N–H and O–H groups in total. The Labute approximate surface area is 70.0 Å². The van der Waals surface area contributed by atoms with Crippen molar-refractivity contribution in [1.29, 1.82) is 0 Å². The number of rotatable bonds is 6. The lowest BCUT2D eigenvalue weighted by Crippen LogP contribution is -1.98. The molecule has 0 aliphatic carbocycles. The molecular weight excluding hydrogens is 140 g/mol. The first-order valence-corrected chi connectivity index (χ1v) is 4.60. The summed E-state index contributed by atoms with van der Waals surface area (Å²) in [6, 6.07) is 0. The number of thiocarbonyl (C=S) groups is 1. The third-order valence-corrected chi connectivity index (χ3v) is 2.08. The third kappa shape index (κ3) is 4.92. The first-order valence-electron chi connectivity index (χ1n) is 4.20. The zero-order valence-electron chi connectivity index (χ0n) is 7.02. The molecule has 10 heavy (non-hydrogen) atoms. The van der Waals surface area contributed by atoms with Crippen LogP contribution in [0.5, 0.6) is 0 Å². The molecule has 0 spiro atoms. The standard InChI is InChI=1S/C9H17S/c1-3-5-6-9(4-2)7-8-10/h9H,3-7H2,1-2H3. The Morgan fingerprint density at radius 3 is 2.50 bits per heavy atom. The van der Waals surface area contributed by atoms with E-state index in [2.05, 4.69) is 19.2 Å². The number of unbranched alkanes of at least 4 members (excludes halogenated alkanes) is 1. The summed E-state index contributed by atoms with van der Waals surface area (Å²) in [4.78, 5) is 0. The van der Waals surface area contributed by atoms with Crippen molar-refractivity contribution in [3.63, 3.8) is 0 Å². The van der Waals surface area contributed by atoms with Gasteiger partial charge in [0.1, 0.15) is 0 Å². The van der Waals surface area contributed by atoms with E-state index in [1.54, 1.807) is 0 Å². The lowest BCUT2D eigenvalue weighted by molar-refractivity contribution is 0.470. The highest BCUT2D eigenvalue weighted by molar-refractivity contribution is 7.78. The molecule has 0 amide bonds. The summed E-state index contributed by atoms with van der Waals surface area (Å²) in [6.07, 6.45) is 6.23. The second-order valence-electron chi connectivity index (χ2n) is 2.76. The van der Waals surface area contributed by atoms with Crippen LogP contribution in [0.1, 0.15) is 46.0 Å². The average Bonchev–Trinajstić information content (AvgIpc) is 1.98. The summed E-state index contributed by atoms with van der Waals surface area (Å²) in [6.45, 7) is 4.46. The van der Waals surface area contributed by atoms with Gasteiger partial charge in [-0.05, 0) is 12.3 Å². The van der Waals surface area contributed by atoms with Gasteiger partial charge in [0.2, 0.25) is 0 Å². The van der Waals surface area contributed by atoms with Gasteiger partial charge in [0.15, 0.2) is 0 Å². The first kappa shape index (κ1) is 10.1. The molecule has 1 unspecified atom stereocenters. The fraction of sp³-hybridized carbons (Fsp3) is 0.889. The lowest BCUT2D eigenvalue weighted by Gasteiger charge is -2.09. The van der Waals surface area contributed by atoms with Crippen LogP contribution in [0.3, 0.4) is 0 Å². The molecule has 0 saturated heterocycles. The Morgan fingerprint density at radius 1 is 1.40 bits per heavy atom. The van der Waals surface area contributed by atoms with Crippen LogP contribution in [0.15, 0.2) is 0 Å². The van der Waals surface area contributed by atoms with Crippen molar-refractivity contribution in [2.75, 3.05) is 0 Å². The summed E-state index contributed by atoms with van der Waals surface area (Å²) >= 11 is 4.69. The van der Waals surface area contributed by atoms with Crippen LogP contribution in [-0.4, -0.2) is 5.37 Å². The van der Waals surface area contributed by atoms with Crippen molar-refractivity contribution in [3.8, 4) is 0 Å². The Kier molecular flexibility index (Phi) is 7.26. The monoisotopic (exact) mass is 157 g/mol.